The molecule has 102 valence electrons. The minimum Gasteiger partial charge on any atom is -0.371 e. The van der Waals surface area contributed by atoms with Crippen molar-refractivity contribution in [2.45, 2.75) is 32.9 Å². The molecule has 0 aromatic carbocycles. The highest BCUT2D eigenvalue weighted by molar-refractivity contribution is 7.98. The molecule has 3 nitrogen and oxygen atoms in total. The predicted octanol–water partition coefficient (Wildman–Crippen LogP) is 2.77. The van der Waals surface area contributed by atoms with E-state index in [9.17, 15) is 0 Å². The Hall–Kier alpha value is -0.740. The van der Waals surface area contributed by atoms with E-state index in [1.54, 1.807) is 0 Å². The molecule has 1 aromatic heterocycles. The lowest BCUT2D eigenvalue weighted by Gasteiger charge is -2.26. The summed E-state index contributed by atoms with van der Waals surface area (Å²) in [5.41, 5.74) is 2.36. The van der Waals surface area contributed by atoms with E-state index >= 15 is 0 Å². The maximum atomic E-state index is 4.40. The number of thioether (sulfide) groups is 1. The molecule has 1 N–H and O–H groups in total. The average molecular weight is 267 g/mol. The number of hydrogen-bond donors (Lipinski definition) is 1. The van der Waals surface area contributed by atoms with E-state index in [2.05, 4.69) is 54.5 Å². The first-order chi connectivity index (χ1) is 8.69. The summed E-state index contributed by atoms with van der Waals surface area (Å²) in [6.45, 7) is 6.33. The highest BCUT2D eigenvalue weighted by Gasteiger charge is 2.09. The zero-order valence-corrected chi connectivity index (χ0v) is 12.8. The number of nitrogens with zero attached hydrogens (tertiary/aromatic N) is 2. The average Bonchev–Trinajstić information content (AvgIpc) is 2.39. The van der Waals surface area contributed by atoms with Gasteiger partial charge in [-0.25, -0.2) is 0 Å². The summed E-state index contributed by atoms with van der Waals surface area (Å²) in [4.78, 5) is 6.73. The Morgan fingerprint density at radius 1 is 1.50 bits per heavy atom. The first-order valence-electron chi connectivity index (χ1n) is 6.56. The van der Waals surface area contributed by atoms with Crippen LogP contribution in [0.5, 0.6) is 0 Å². The topological polar surface area (TPSA) is 28.2 Å². The monoisotopic (exact) mass is 267 g/mol. The van der Waals surface area contributed by atoms with Crippen LogP contribution in [-0.4, -0.2) is 36.6 Å². The Morgan fingerprint density at radius 3 is 2.94 bits per heavy atom. The van der Waals surface area contributed by atoms with Gasteiger partial charge in [0, 0.05) is 37.3 Å². The molecule has 0 spiro atoms. The van der Waals surface area contributed by atoms with Gasteiger partial charge in [0.15, 0.2) is 0 Å². The van der Waals surface area contributed by atoms with E-state index in [0.29, 0.717) is 6.04 Å². The molecule has 0 amide bonds. The molecule has 1 rings (SSSR count). The second-order valence-electron chi connectivity index (χ2n) is 4.60. The van der Waals surface area contributed by atoms with Crippen molar-refractivity contribution in [1.82, 2.24) is 10.3 Å². The largest absolute Gasteiger partial charge is 0.371 e. The van der Waals surface area contributed by atoms with Gasteiger partial charge in [-0.05, 0) is 38.3 Å². The quantitative estimate of drug-likeness (QED) is 0.733. The van der Waals surface area contributed by atoms with Gasteiger partial charge in [-0.1, -0.05) is 6.92 Å². The number of aromatic nitrogens is 1. The molecule has 0 aliphatic heterocycles. The lowest BCUT2D eigenvalue weighted by Crippen LogP contribution is -2.31. The molecular weight excluding hydrogens is 242 g/mol. The minimum absolute atomic E-state index is 0.541. The van der Waals surface area contributed by atoms with Crippen LogP contribution in [0.15, 0.2) is 18.3 Å². The van der Waals surface area contributed by atoms with Crippen LogP contribution in [0.25, 0.3) is 0 Å². The van der Waals surface area contributed by atoms with Gasteiger partial charge >= 0.3 is 0 Å². The minimum atomic E-state index is 0.541. The standard InChI is InChI=1S/C14H25N3S/c1-5-7-15-10-13-9-14(6-8-16-13)17(3)12(2)11-18-4/h6,8-9,12,15H,5,7,10-11H2,1-4H3. The van der Waals surface area contributed by atoms with E-state index in [1.807, 2.05) is 18.0 Å². The van der Waals surface area contributed by atoms with Crippen molar-refractivity contribution >= 4 is 17.4 Å². The molecule has 1 unspecified atom stereocenters. The fraction of sp³-hybridized carbons (Fsp3) is 0.643. The van der Waals surface area contributed by atoms with Gasteiger partial charge in [0.1, 0.15) is 0 Å². The van der Waals surface area contributed by atoms with Crippen molar-refractivity contribution in [3.8, 4) is 0 Å². The van der Waals surface area contributed by atoms with Crippen molar-refractivity contribution in [3.63, 3.8) is 0 Å². The van der Waals surface area contributed by atoms with Crippen LogP contribution in [0, 0.1) is 0 Å². The third kappa shape index (κ3) is 4.86. The van der Waals surface area contributed by atoms with E-state index in [1.165, 1.54) is 5.69 Å². The summed E-state index contributed by atoms with van der Waals surface area (Å²) in [6.07, 6.45) is 5.21. The Balaban J connectivity index is 2.62. The molecule has 0 saturated carbocycles. The SMILES string of the molecule is CCCNCc1cc(N(C)C(C)CSC)ccn1. The zero-order valence-electron chi connectivity index (χ0n) is 11.9. The molecule has 0 aliphatic carbocycles. The molecule has 1 aromatic rings. The Kier molecular flexibility index (Phi) is 7.13. The summed E-state index contributed by atoms with van der Waals surface area (Å²) >= 11 is 1.88. The summed E-state index contributed by atoms with van der Waals surface area (Å²) < 4.78 is 0. The third-order valence-corrected chi connectivity index (χ3v) is 3.83. The van der Waals surface area contributed by atoms with Gasteiger partial charge in [0.2, 0.25) is 0 Å². The first-order valence-corrected chi connectivity index (χ1v) is 7.95. The summed E-state index contributed by atoms with van der Waals surface area (Å²) in [5.74, 6) is 1.14. The molecule has 0 saturated heterocycles. The van der Waals surface area contributed by atoms with E-state index in [0.717, 1.165) is 31.0 Å². The molecule has 0 radical (unpaired) electrons. The summed E-state index contributed by atoms with van der Waals surface area (Å²) in [6, 6.07) is 4.80. The molecule has 1 atom stereocenters. The third-order valence-electron chi connectivity index (χ3n) is 3.01. The van der Waals surface area contributed by atoms with Crippen molar-refractivity contribution in [3.05, 3.63) is 24.0 Å². The van der Waals surface area contributed by atoms with Gasteiger partial charge in [0.05, 0.1) is 5.69 Å². The van der Waals surface area contributed by atoms with E-state index in [-0.39, 0.29) is 0 Å². The second-order valence-corrected chi connectivity index (χ2v) is 5.51. The second kappa shape index (κ2) is 8.38. The highest BCUT2D eigenvalue weighted by Crippen LogP contribution is 2.17. The summed E-state index contributed by atoms with van der Waals surface area (Å²) in [7, 11) is 2.15. The van der Waals surface area contributed by atoms with Crippen LogP contribution in [0.3, 0.4) is 0 Å². The van der Waals surface area contributed by atoms with Crippen LogP contribution in [0.1, 0.15) is 26.0 Å². The fourth-order valence-electron chi connectivity index (χ4n) is 1.78. The molecule has 1 heterocycles. The number of nitrogens with one attached hydrogen (secondary N) is 1. The smallest absolute Gasteiger partial charge is 0.0562 e. The van der Waals surface area contributed by atoms with Gasteiger partial charge in [-0.15, -0.1) is 0 Å². The molecular formula is C14H25N3S. The number of anilines is 1. The molecule has 0 aliphatic rings. The molecule has 0 fully saturated rings. The number of pyridine rings is 1. The van der Waals surface area contributed by atoms with Crippen molar-refractivity contribution in [1.29, 1.82) is 0 Å². The Labute approximate surface area is 115 Å². The van der Waals surface area contributed by atoms with Gasteiger partial charge in [-0.3, -0.25) is 4.98 Å². The van der Waals surface area contributed by atoms with E-state index in [4.69, 9.17) is 0 Å². The van der Waals surface area contributed by atoms with Crippen LogP contribution < -0.4 is 10.2 Å². The lowest BCUT2D eigenvalue weighted by molar-refractivity contribution is 0.663. The predicted molar refractivity (Wildman–Crippen MR) is 82.5 cm³/mol. The van der Waals surface area contributed by atoms with Crippen LogP contribution >= 0.6 is 11.8 Å². The number of hydrogen-bond acceptors (Lipinski definition) is 4. The molecule has 4 heteroatoms. The van der Waals surface area contributed by atoms with Crippen molar-refractivity contribution < 1.29 is 0 Å². The van der Waals surface area contributed by atoms with Crippen molar-refractivity contribution in [2.24, 2.45) is 0 Å². The normalized spacial score (nSPS) is 12.4. The Morgan fingerprint density at radius 2 is 2.28 bits per heavy atom. The van der Waals surface area contributed by atoms with Gasteiger partial charge in [0.25, 0.3) is 0 Å². The maximum absolute atomic E-state index is 4.40. The van der Waals surface area contributed by atoms with Gasteiger partial charge < -0.3 is 10.2 Å². The van der Waals surface area contributed by atoms with Crippen LogP contribution in [-0.2, 0) is 6.54 Å². The van der Waals surface area contributed by atoms with E-state index < -0.39 is 0 Å². The fourth-order valence-corrected chi connectivity index (χ4v) is 2.49. The van der Waals surface area contributed by atoms with Gasteiger partial charge in [-0.2, -0.15) is 11.8 Å². The molecule has 18 heavy (non-hydrogen) atoms. The summed E-state index contributed by atoms with van der Waals surface area (Å²) in [5, 5.41) is 3.39. The maximum Gasteiger partial charge on any atom is 0.0562 e. The highest BCUT2D eigenvalue weighted by atomic mass is 32.2. The Bertz CT molecular complexity index is 344. The first kappa shape index (κ1) is 15.3. The molecule has 0 bridgehead atoms. The lowest BCUT2D eigenvalue weighted by atomic mass is 10.2. The van der Waals surface area contributed by atoms with Crippen LogP contribution in [0.2, 0.25) is 0 Å². The van der Waals surface area contributed by atoms with Crippen molar-refractivity contribution in [2.75, 3.05) is 30.5 Å². The number of rotatable bonds is 8. The van der Waals surface area contributed by atoms with Crippen LogP contribution in [0.4, 0.5) is 5.69 Å². The zero-order chi connectivity index (χ0) is 13.4.